The van der Waals surface area contributed by atoms with Crippen LogP contribution in [0, 0.1) is 0 Å². The fourth-order valence-electron chi connectivity index (χ4n) is 2.04. The summed E-state index contributed by atoms with van der Waals surface area (Å²) in [4.78, 5) is 25.1. The summed E-state index contributed by atoms with van der Waals surface area (Å²) in [5.41, 5.74) is 2.60. The molecule has 0 saturated heterocycles. The fourth-order valence-corrected chi connectivity index (χ4v) is 2.17. The van der Waals surface area contributed by atoms with Crippen LogP contribution in [0.5, 0.6) is 0 Å². The maximum absolute atomic E-state index is 12.4. The molecule has 0 bridgehead atoms. The van der Waals surface area contributed by atoms with E-state index in [0.717, 1.165) is 11.3 Å². The second kappa shape index (κ2) is 7.05. The number of hydrogen-bond donors (Lipinski definition) is 0. The van der Waals surface area contributed by atoms with Crippen molar-refractivity contribution in [2.75, 3.05) is 4.90 Å². The Morgan fingerprint density at radius 1 is 1.05 bits per heavy atom. The third kappa shape index (κ3) is 3.83. The van der Waals surface area contributed by atoms with Gasteiger partial charge in [-0.3, -0.25) is 9.59 Å². The molecule has 0 radical (unpaired) electrons. The first-order valence-electron chi connectivity index (χ1n) is 6.80. The molecule has 1 amide bonds. The van der Waals surface area contributed by atoms with Crippen molar-refractivity contribution in [3.05, 3.63) is 77.9 Å². The van der Waals surface area contributed by atoms with Gasteiger partial charge in [0.2, 0.25) is 0 Å². The van der Waals surface area contributed by atoms with E-state index in [1.165, 1.54) is 0 Å². The average Bonchev–Trinajstić information content (AvgIpc) is 2.53. The molecule has 2 aromatic rings. The zero-order chi connectivity index (χ0) is 16.1. The maximum atomic E-state index is 12.4. The van der Waals surface area contributed by atoms with Gasteiger partial charge in [-0.1, -0.05) is 36.9 Å². The zero-order valence-electron chi connectivity index (χ0n) is 12.3. The first kappa shape index (κ1) is 16.0. The number of carbonyl (C=O) groups excluding carboxylic acids is 2. The van der Waals surface area contributed by atoms with Crippen molar-refractivity contribution >= 4 is 28.4 Å². The lowest BCUT2D eigenvalue weighted by molar-refractivity contribution is -0.115. The van der Waals surface area contributed by atoms with Gasteiger partial charge in [-0.25, -0.2) is 0 Å². The molecule has 0 aliphatic rings. The Hall–Kier alpha value is -2.39. The number of hydrogen-bond acceptors (Lipinski definition) is 2. The van der Waals surface area contributed by atoms with Crippen molar-refractivity contribution in [1.29, 1.82) is 0 Å². The van der Waals surface area contributed by atoms with Gasteiger partial charge in [0, 0.05) is 16.8 Å². The van der Waals surface area contributed by atoms with E-state index in [1.54, 1.807) is 36.1 Å². The molecule has 112 valence electrons. The topological polar surface area (TPSA) is 37.4 Å². The highest BCUT2D eigenvalue weighted by Crippen LogP contribution is 2.19. The van der Waals surface area contributed by atoms with Gasteiger partial charge >= 0.3 is 0 Å². The number of carbonyl (C=O) groups is 2. The summed E-state index contributed by atoms with van der Waals surface area (Å²) < 4.78 is 0. The smallest absolute Gasteiger partial charge is 0.253 e. The van der Waals surface area contributed by atoms with E-state index in [4.69, 9.17) is 11.6 Å². The Balaban J connectivity index is 2.28. The molecule has 0 saturated carbocycles. The van der Waals surface area contributed by atoms with Crippen molar-refractivity contribution in [1.82, 2.24) is 0 Å². The van der Waals surface area contributed by atoms with Crippen molar-refractivity contribution in [3.63, 3.8) is 0 Å². The Bertz CT molecular complexity index is 693. The second-order valence-electron chi connectivity index (χ2n) is 4.98. The molecule has 3 nitrogen and oxygen atoms in total. The number of amides is 1. The lowest BCUT2D eigenvalue weighted by Gasteiger charge is -2.23. The van der Waals surface area contributed by atoms with Gasteiger partial charge < -0.3 is 4.90 Å². The quantitative estimate of drug-likeness (QED) is 0.613. The number of para-hydroxylation sites is 1. The van der Waals surface area contributed by atoms with E-state index in [0.29, 0.717) is 17.7 Å². The third-order valence-electron chi connectivity index (χ3n) is 3.20. The first-order chi connectivity index (χ1) is 10.5. The number of anilines is 1. The SMILES string of the molecule is C=C(C)C(=O)N(Cc1ccc(C(=O)Cl)cc1)c1ccccc1. The molecule has 2 aromatic carbocycles. The number of benzene rings is 2. The molecule has 2 rings (SSSR count). The highest BCUT2D eigenvalue weighted by atomic mass is 35.5. The third-order valence-corrected chi connectivity index (χ3v) is 3.42. The Morgan fingerprint density at radius 2 is 1.64 bits per heavy atom. The van der Waals surface area contributed by atoms with Crippen molar-refractivity contribution in [2.45, 2.75) is 13.5 Å². The molecule has 0 aliphatic heterocycles. The normalized spacial score (nSPS) is 10.1. The summed E-state index contributed by atoms with van der Waals surface area (Å²) >= 11 is 5.43. The standard InChI is InChI=1S/C18H16ClNO2/c1-13(2)18(22)20(16-6-4-3-5-7-16)12-14-8-10-15(11-9-14)17(19)21/h3-11H,1,12H2,2H3. The fraction of sp³-hybridized carbons (Fsp3) is 0.111. The minimum absolute atomic E-state index is 0.135. The monoisotopic (exact) mass is 313 g/mol. The van der Waals surface area contributed by atoms with Crippen LogP contribution in [0.2, 0.25) is 0 Å². The summed E-state index contributed by atoms with van der Waals surface area (Å²) in [6, 6.07) is 16.3. The summed E-state index contributed by atoms with van der Waals surface area (Å²) in [5, 5.41) is -0.496. The maximum Gasteiger partial charge on any atom is 0.253 e. The van der Waals surface area contributed by atoms with Gasteiger partial charge in [-0.05, 0) is 48.4 Å². The van der Waals surface area contributed by atoms with Crippen LogP contribution in [0.4, 0.5) is 5.69 Å². The van der Waals surface area contributed by atoms with Crippen molar-refractivity contribution in [2.24, 2.45) is 0 Å². The molecule has 0 unspecified atom stereocenters. The van der Waals surface area contributed by atoms with Crippen LogP contribution in [0.1, 0.15) is 22.8 Å². The van der Waals surface area contributed by atoms with Crippen LogP contribution >= 0.6 is 11.6 Å². The van der Waals surface area contributed by atoms with E-state index in [-0.39, 0.29) is 5.91 Å². The first-order valence-corrected chi connectivity index (χ1v) is 7.18. The molecular formula is C18H16ClNO2. The van der Waals surface area contributed by atoms with Gasteiger partial charge in [0.1, 0.15) is 0 Å². The van der Waals surface area contributed by atoms with Crippen molar-refractivity contribution in [3.8, 4) is 0 Å². The predicted octanol–water partition coefficient (Wildman–Crippen LogP) is 4.17. The van der Waals surface area contributed by atoms with E-state index in [2.05, 4.69) is 6.58 Å². The molecule has 0 fully saturated rings. The van der Waals surface area contributed by atoms with Gasteiger partial charge in [0.05, 0.1) is 6.54 Å². The Morgan fingerprint density at radius 3 is 2.14 bits per heavy atom. The molecule has 0 aromatic heterocycles. The number of nitrogens with zero attached hydrogens (tertiary/aromatic N) is 1. The molecular weight excluding hydrogens is 298 g/mol. The van der Waals surface area contributed by atoms with Gasteiger partial charge in [0.15, 0.2) is 0 Å². The van der Waals surface area contributed by atoms with Crippen LogP contribution in [-0.2, 0) is 11.3 Å². The predicted molar refractivity (Wildman–Crippen MR) is 89.1 cm³/mol. The van der Waals surface area contributed by atoms with E-state index in [1.807, 2.05) is 30.3 Å². The zero-order valence-corrected chi connectivity index (χ0v) is 13.0. The highest BCUT2D eigenvalue weighted by Gasteiger charge is 2.16. The van der Waals surface area contributed by atoms with Gasteiger partial charge in [-0.15, -0.1) is 0 Å². The summed E-state index contributed by atoms with van der Waals surface area (Å²) in [7, 11) is 0. The minimum Gasteiger partial charge on any atom is -0.304 e. The largest absolute Gasteiger partial charge is 0.304 e. The molecule has 0 spiro atoms. The lowest BCUT2D eigenvalue weighted by Crippen LogP contribution is -2.30. The van der Waals surface area contributed by atoms with Gasteiger partial charge in [-0.2, -0.15) is 0 Å². The van der Waals surface area contributed by atoms with Crippen LogP contribution in [0.15, 0.2) is 66.7 Å². The Labute approximate surface area is 134 Å². The molecule has 22 heavy (non-hydrogen) atoms. The molecule has 0 atom stereocenters. The van der Waals surface area contributed by atoms with Crippen LogP contribution in [0.25, 0.3) is 0 Å². The molecule has 0 heterocycles. The number of halogens is 1. The van der Waals surface area contributed by atoms with Gasteiger partial charge in [0.25, 0.3) is 11.1 Å². The van der Waals surface area contributed by atoms with E-state index < -0.39 is 5.24 Å². The lowest BCUT2D eigenvalue weighted by atomic mass is 10.1. The highest BCUT2D eigenvalue weighted by molar-refractivity contribution is 6.67. The minimum atomic E-state index is -0.496. The second-order valence-corrected chi connectivity index (χ2v) is 5.32. The molecule has 4 heteroatoms. The van der Waals surface area contributed by atoms with Crippen LogP contribution in [0.3, 0.4) is 0 Å². The summed E-state index contributed by atoms with van der Waals surface area (Å²) in [6.45, 7) is 5.81. The Kier molecular flexibility index (Phi) is 5.12. The molecule has 0 N–H and O–H groups in total. The summed E-state index contributed by atoms with van der Waals surface area (Å²) in [6.07, 6.45) is 0. The average molecular weight is 314 g/mol. The molecule has 0 aliphatic carbocycles. The number of rotatable bonds is 5. The van der Waals surface area contributed by atoms with Crippen LogP contribution < -0.4 is 4.90 Å². The summed E-state index contributed by atoms with van der Waals surface area (Å²) in [5.74, 6) is -0.135. The van der Waals surface area contributed by atoms with Crippen molar-refractivity contribution < 1.29 is 9.59 Å². The van der Waals surface area contributed by atoms with E-state index >= 15 is 0 Å². The van der Waals surface area contributed by atoms with Crippen LogP contribution in [-0.4, -0.2) is 11.1 Å². The van der Waals surface area contributed by atoms with E-state index in [9.17, 15) is 9.59 Å².